The number of benzene rings is 1. The van der Waals surface area contributed by atoms with Crippen molar-refractivity contribution in [1.29, 1.82) is 0 Å². The molecule has 1 aromatic rings. The zero-order valence-electron chi connectivity index (χ0n) is 11.3. The van der Waals surface area contributed by atoms with Crippen LogP contribution in [0.4, 0.5) is 4.39 Å². The molecule has 0 radical (unpaired) electrons. The number of carbonyl (C=O) groups is 1. The van der Waals surface area contributed by atoms with Gasteiger partial charge in [-0.1, -0.05) is 34.8 Å². The van der Waals surface area contributed by atoms with E-state index in [4.69, 9.17) is 5.11 Å². The number of carboxylic acids is 1. The number of likely N-dealkylation sites (tertiary alicyclic amines) is 1. The van der Waals surface area contributed by atoms with E-state index in [1.54, 1.807) is 12.1 Å². The predicted molar refractivity (Wildman–Crippen MR) is 79.1 cm³/mol. The van der Waals surface area contributed by atoms with Gasteiger partial charge in [0.25, 0.3) is 0 Å². The van der Waals surface area contributed by atoms with Crippen LogP contribution in [-0.2, 0) is 4.79 Å². The third-order valence-corrected chi connectivity index (χ3v) is 4.26. The molecule has 0 spiro atoms. The Bertz CT molecular complexity index is 473. The lowest BCUT2D eigenvalue weighted by Gasteiger charge is -2.30. The SMILES string of the molecule is O=C(O)CC(c1ccc(Br)cc1F)N1CCCCCC1. The lowest BCUT2D eigenvalue weighted by atomic mass is 10.0. The number of rotatable bonds is 4. The van der Waals surface area contributed by atoms with E-state index in [1.165, 1.54) is 18.9 Å². The Kier molecular flexibility index (Phi) is 5.54. The Labute approximate surface area is 126 Å². The van der Waals surface area contributed by atoms with E-state index in [1.807, 2.05) is 0 Å². The minimum absolute atomic E-state index is 0.0570. The Hall–Kier alpha value is -0.940. The van der Waals surface area contributed by atoms with Gasteiger partial charge in [0.2, 0.25) is 0 Å². The van der Waals surface area contributed by atoms with Gasteiger partial charge in [-0.05, 0) is 38.1 Å². The Morgan fingerprint density at radius 3 is 2.50 bits per heavy atom. The molecule has 1 atom stereocenters. The molecule has 0 saturated carbocycles. The maximum Gasteiger partial charge on any atom is 0.305 e. The number of halogens is 2. The quantitative estimate of drug-likeness (QED) is 0.898. The summed E-state index contributed by atoms with van der Waals surface area (Å²) < 4.78 is 14.8. The summed E-state index contributed by atoms with van der Waals surface area (Å²) in [5, 5.41) is 9.13. The standard InChI is InChI=1S/C15H19BrFNO2/c16-11-5-6-12(13(17)9-11)14(10-15(19)20)18-7-3-1-2-4-8-18/h5-6,9,14H,1-4,7-8,10H2,(H,19,20). The Morgan fingerprint density at radius 1 is 1.30 bits per heavy atom. The summed E-state index contributed by atoms with van der Waals surface area (Å²) >= 11 is 3.23. The molecule has 1 aliphatic rings. The van der Waals surface area contributed by atoms with Crippen LogP contribution in [0.1, 0.15) is 43.7 Å². The van der Waals surface area contributed by atoms with Gasteiger partial charge in [0.1, 0.15) is 5.82 Å². The second-order valence-electron chi connectivity index (χ2n) is 5.23. The fraction of sp³-hybridized carbons (Fsp3) is 0.533. The highest BCUT2D eigenvalue weighted by Gasteiger charge is 2.26. The number of nitrogens with zero attached hydrogens (tertiary/aromatic N) is 1. The molecular formula is C15H19BrFNO2. The van der Waals surface area contributed by atoms with E-state index < -0.39 is 5.97 Å². The molecule has 1 fully saturated rings. The van der Waals surface area contributed by atoms with Crippen molar-refractivity contribution in [2.45, 2.75) is 38.1 Å². The summed E-state index contributed by atoms with van der Waals surface area (Å²) in [6.45, 7) is 1.68. The monoisotopic (exact) mass is 343 g/mol. The van der Waals surface area contributed by atoms with Gasteiger partial charge < -0.3 is 5.11 Å². The summed E-state index contributed by atoms with van der Waals surface area (Å²) in [5.74, 6) is -1.23. The molecule has 2 rings (SSSR count). The number of hydrogen-bond acceptors (Lipinski definition) is 2. The maximum atomic E-state index is 14.2. The van der Waals surface area contributed by atoms with Crippen LogP contribution in [0.15, 0.2) is 22.7 Å². The van der Waals surface area contributed by atoms with Crippen LogP contribution < -0.4 is 0 Å². The third kappa shape index (κ3) is 4.03. The van der Waals surface area contributed by atoms with Crippen LogP contribution in [0, 0.1) is 5.82 Å². The average molecular weight is 344 g/mol. The molecule has 20 heavy (non-hydrogen) atoms. The van der Waals surface area contributed by atoms with Crippen molar-refractivity contribution in [3.8, 4) is 0 Å². The largest absolute Gasteiger partial charge is 0.481 e. The van der Waals surface area contributed by atoms with Crippen LogP contribution in [0.2, 0.25) is 0 Å². The first kappa shape index (κ1) is 15.4. The second kappa shape index (κ2) is 7.18. The molecule has 1 heterocycles. The van der Waals surface area contributed by atoms with Crippen molar-refractivity contribution in [2.75, 3.05) is 13.1 Å². The van der Waals surface area contributed by atoms with Gasteiger partial charge in [-0.2, -0.15) is 0 Å². The summed E-state index contributed by atoms with van der Waals surface area (Å²) in [5.41, 5.74) is 0.484. The van der Waals surface area contributed by atoms with Crippen LogP contribution in [0.5, 0.6) is 0 Å². The Balaban J connectivity index is 2.27. The van der Waals surface area contributed by atoms with Crippen LogP contribution in [-0.4, -0.2) is 29.1 Å². The number of hydrogen-bond donors (Lipinski definition) is 1. The van der Waals surface area contributed by atoms with E-state index in [0.29, 0.717) is 10.0 Å². The molecule has 1 saturated heterocycles. The molecule has 0 aliphatic carbocycles. The second-order valence-corrected chi connectivity index (χ2v) is 6.15. The molecular weight excluding hydrogens is 325 g/mol. The normalized spacial score (nSPS) is 18.5. The van der Waals surface area contributed by atoms with Crippen molar-refractivity contribution < 1.29 is 14.3 Å². The summed E-state index contributed by atoms with van der Waals surface area (Å²) in [4.78, 5) is 13.2. The maximum absolute atomic E-state index is 14.2. The van der Waals surface area contributed by atoms with Crippen molar-refractivity contribution in [2.24, 2.45) is 0 Å². The van der Waals surface area contributed by atoms with Crippen LogP contribution in [0.3, 0.4) is 0 Å². The van der Waals surface area contributed by atoms with Gasteiger partial charge in [0, 0.05) is 16.1 Å². The minimum Gasteiger partial charge on any atom is -0.481 e. The van der Waals surface area contributed by atoms with E-state index in [2.05, 4.69) is 20.8 Å². The fourth-order valence-electron chi connectivity index (χ4n) is 2.78. The molecule has 0 aromatic heterocycles. The zero-order valence-corrected chi connectivity index (χ0v) is 12.9. The zero-order chi connectivity index (χ0) is 14.5. The first-order valence-electron chi connectivity index (χ1n) is 6.98. The number of aliphatic carboxylic acids is 1. The highest BCUT2D eigenvalue weighted by molar-refractivity contribution is 9.10. The fourth-order valence-corrected chi connectivity index (χ4v) is 3.11. The summed E-state index contributed by atoms with van der Waals surface area (Å²) in [6, 6.07) is 4.49. The minimum atomic E-state index is -0.887. The predicted octanol–water partition coefficient (Wildman–Crippen LogP) is 3.98. The van der Waals surface area contributed by atoms with Crippen molar-refractivity contribution in [3.05, 3.63) is 34.1 Å². The van der Waals surface area contributed by atoms with Gasteiger partial charge in [0.05, 0.1) is 6.42 Å². The summed E-state index contributed by atoms with van der Waals surface area (Å²) in [6.07, 6.45) is 4.37. The van der Waals surface area contributed by atoms with Gasteiger partial charge in [0.15, 0.2) is 0 Å². The topological polar surface area (TPSA) is 40.5 Å². The molecule has 5 heteroatoms. The van der Waals surface area contributed by atoms with E-state index in [-0.39, 0.29) is 18.3 Å². The van der Waals surface area contributed by atoms with Gasteiger partial charge in [-0.15, -0.1) is 0 Å². The van der Waals surface area contributed by atoms with Gasteiger partial charge in [-0.25, -0.2) is 4.39 Å². The van der Waals surface area contributed by atoms with E-state index in [0.717, 1.165) is 25.9 Å². The first-order valence-corrected chi connectivity index (χ1v) is 7.78. The highest BCUT2D eigenvalue weighted by Crippen LogP contribution is 2.30. The molecule has 1 N–H and O–H groups in total. The van der Waals surface area contributed by atoms with Crippen molar-refractivity contribution in [3.63, 3.8) is 0 Å². The van der Waals surface area contributed by atoms with Crippen LogP contribution >= 0.6 is 15.9 Å². The smallest absolute Gasteiger partial charge is 0.305 e. The molecule has 1 unspecified atom stereocenters. The number of carboxylic acid groups (broad SMARTS) is 1. The average Bonchev–Trinajstić information content (AvgIpc) is 2.65. The lowest BCUT2D eigenvalue weighted by Crippen LogP contribution is -2.32. The van der Waals surface area contributed by atoms with Gasteiger partial charge in [-0.3, -0.25) is 9.69 Å². The van der Waals surface area contributed by atoms with Crippen LogP contribution in [0.25, 0.3) is 0 Å². The van der Waals surface area contributed by atoms with E-state index >= 15 is 0 Å². The summed E-state index contributed by atoms with van der Waals surface area (Å²) in [7, 11) is 0. The molecule has 1 aromatic carbocycles. The van der Waals surface area contributed by atoms with E-state index in [9.17, 15) is 9.18 Å². The first-order chi connectivity index (χ1) is 9.58. The molecule has 0 bridgehead atoms. The molecule has 110 valence electrons. The van der Waals surface area contributed by atoms with Gasteiger partial charge >= 0.3 is 5.97 Å². The lowest BCUT2D eigenvalue weighted by molar-refractivity contribution is -0.138. The molecule has 3 nitrogen and oxygen atoms in total. The molecule has 1 aliphatic heterocycles. The Morgan fingerprint density at radius 2 is 1.95 bits per heavy atom. The third-order valence-electron chi connectivity index (χ3n) is 3.77. The molecule has 0 amide bonds. The van der Waals surface area contributed by atoms with Crippen molar-refractivity contribution in [1.82, 2.24) is 4.90 Å². The highest BCUT2D eigenvalue weighted by atomic mass is 79.9. The van der Waals surface area contributed by atoms with Crippen molar-refractivity contribution >= 4 is 21.9 Å².